The number of ether oxygens (including phenoxy) is 1. The van der Waals surface area contributed by atoms with Gasteiger partial charge in [0.1, 0.15) is 5.75 Å². The molecule has 0 saturated carbocycles. The molecule has 0 fully saturated rings. The van der Waals surface area contributed by atoms with Crippen LogP contribution in [0.25, 0.3) is 10.2 Å². The Morgan fingerprint density at radius 2 is 2.00 bits per heavy atom. The number of nitrogens with zero attached hydrogens (tertiary/aromatic N) is 1. The molecule has 3 nitrogen and oxygen atoms in total. The summed E-state index contributed by atoms with van der Waals surface area (Å²) in [5, 5.41) is 5.30. The summed E-state index contributed by atoms with van der Waals surface area (Å²) in [6.45, 7) is 0. The Morgan fingerprint density at radius 1 is 1.15 bits per heavy atom. The van der Waals surface area contributed by atoms with Crippen molar-refractivity contribution >= 4 is 55.6 Å². The van der Waals surface area contributed by atoms with Gasteiger partial charge >= 0.3 is 0 Å². The third-order valence-corrected chi connectivity index (χ3v) is 4.25. The highest BCUT2D eigenvalue weighted by Crippen LogP contribution is 2.32. The van der Waals surface area contributed by atoms with Crippen LogP contribution in [0.1, 0.15) is 0 Å². The molecule has 0 radical (unpaired) electrons. The van der Waals surface area contributed by atoms with E-state index in [-0.39, 0.29) is 0 Å². The van der Waals surface area contributed by atoms with Crippen molar-refractivity contribution < 1.29 is 4.74 Å². The van der Waals surface area contributed by atoms with Crippen molar-refractivity contribution in [1.29, 1.82) is 0 Å². The van der Waals surface area contributed by atoms with Crippen LogP contribution >= 0.6 is 34.5 Å². The van der Waals surface area contributed by atoms with Gasteiger partial charge in [0.15, 0.2) is 5.13 Å². The van der Waals surface area contributed by atoms with Gasteiger partial charge in [0.05, 0.1) is 22.3 Å². The number of anilines is 2. The first-order chi connectivity index (χ1) is 9.65. The zero-order valence-electron chi connectivity index (χ0n) is 10.5. The van der Waals surface area contributed by atoms with E-state index < -0.39 is 0 Å². The van der Waals surface area contributed by atoms with E-state index in [1.807, 2.05) is 30.3 Å². The summed E-state index contributed by atoms with van der Waals surface area (Å²) in [4.78, 5) is 4.50. The van der Waals surface area contributed by atoms with Gasteiger partial charge < -0.3 is 10.1 Å². The maximum absolute atomic E-state index is 6.00. The first-order valence-electron chi connectivity index (χ1n) is 5.82. The third-order valence-electron chi connectivity index (χ3n) is 2.75. The van der Waals surface area contributed by atoms with E-state index in [2.05, 4.69) is 10.3 Å². The molecule has 0 aliphatic heterocycles. The highest BCUT2D eigenvalue weighted by Gasteiger charge is 2.06. The highest BCUT2D eigenvalue weighted by molar-refractivity contribution is 7.22. The van der Waals surface area contributed by atoms with Gasteiger partial charge in [-0.1, -0.05) is 34.5 Å². The van der Waals surface area contributed by atoms with Crippen LogP contribution in [0.5, 0.6) is 5.75 Å². The summed E-state index contributed by atoms with van der Waals surface area (Å²) in [7, 11) is 1.59. The topological polar surface area (TPSA) is 34.1 Å². The second-order valence-corrected chi connectivity index (χ2v) is 5.98. The number of thiazole rings is 1. The molecule has 0 spiro atoms. The second-order valence-electron chi connectivity index (χ2n) is 4.11. The average Bonchev–Trinajstić information content (AvgIpc) is 2.82. The summed E-state index contributed by atoms with van der Waals surface area (Å²) < 4.78 is 6.27. The van der Waals surface area contributed by atoms with Crippen LogP contribution in [0, 0.1) is 0 Å². The van der Waals surface area contributed by atoms with E-state index in [1.165, 1.54) is 0 Å². The zero-order chi connectivity index (χ0) is 14.1. The molecular formula is C14H10Cl2N2OS. The Balaban J connectivity index is 1.92. The molecule has 2 aromatic carbocycles. The van der Waals surface area contributed by atoms with E-state index >= 15 is 0 Å². The molecule has 0 amide bonds. The van der Waals surface area contributed by atoms with Gasteiger partial charge in [-0.2, -0.15) is 0 Å². The SMILES string of the molecule is COc1cc(Nc2nc3cc(Cl)ccc3s2)ccc1Cl. The number of nitrogens with one attached hydrogen (secondary N) is 1. The standard InChI is InChI=1S/C14H10Cl2N2OS/c1-19-12-7-9(3-4-10(12)16)17-14-18-11-6-8(15)2-5-13(11)20-14/h2-7H,1H3,(H,17,18). The maximum Gasteiger partial charge on any atom is 0.188 e. The van der Waals surface area contributed by atoms with E-state index in [1.54, 1.807) is 24.5 Å². The van der Waals surface area contributed by atoms with Crippen molar-refractivity contribution in [3.8, 4) is 5.75 Å². The lowest BCUT2D eigenvalue weighted by atomic mass is 10.3. The first kappa shape index (κ1) is 13.5. The lowest BCUT2D eigenvalue weighted by molar-refractivity contribution is 0.415. The van der Waals surface area contributed by atoms with Gasteiger partial charge in [-0.15, -0.1) is 0 Å². The van der Waals surface area contributed by atoms with Crippen LogP contribution in [-0.2, 0) is 0 Å². The number of fused-ring (bicyclic) bond motifs is 1. The van der Waals surface area contributed by atoms with Gasteiger partial charge in [-0.3, -0.25) is 0 Å². The van der Waals surface area contributed by atoms with Crippen molar-refractivity contribution in [3.63, 3.8) is 0 Å². The summed E-state index contributed by atoms with van der Waals surface area (Å²) >= 11 is 13.5. The second kappa shape index (κ2) is 5.48. The highest BCUT2D eigenvalue weighted by atomic mass is 35.5. The zero-order valence-corrected chi connectivity index (χ0v) is 12.8. The van der Waals surface area contributed by atoms with Crippen molar-refractivity contribution in [3.05, 3.63) is 46.4 Å². The number of halogens is 2. The fourth-order valence-corrected chi connectivity index (χ4v) is 3.04. The molecule has 1 N–H and O–H groups in total. The van der Waals surface area contributed by atoms with Crippen LogP contribution < -0.4 is 10.1 Å². The minimum absolute atomic E-state index is 0.578. The number of methoxy groups -OCH3 is 1. The normalized spacial score (nSPS) is 10.8. The number of aromatic nitrogens is 1. The Kier molecular flexibility index (Phi) is 3.70. The number of benzene rings is 2. The van der Waals surface area contributed by atoms with Gasteiger partial charge in [-0.05, 0) is 30.3 Å². The summed E-state index contributed by atoms with van der Waals surface area (Å²) in [5.41, 5.74) is 1.75. The van der Waals surface area contributed by atoms with E-state index in [0.29, 0.717) is 15.8 Å². The third kappa shape index (κ3) is 2.68. The Morgan fingerprint density at radius 3 is 2.80 bits per heavy atom. The van der Waals surface area contributed by atoms with Crippen molar-refractivity contribution in [2.75, 3.05) is 12.4 Å². The minimum Gasteiger partial charge on any atom is -0.495 e. The van der Waals surface area contributed by atoms with Crippen molar-refractivity contribution in [1.82, 2.24) is 4.98 Å². The molecule has 3 aromatic rings. The molecule has 0 aliphatic carbocycles. The Hall–Kier alpha value is -1.49. The molecule has 6 heteroatoms. The Labute approximate surface area is 130 Å². The molecule has 20 heavy (non-hydrogen) atoms. The molecule has 1 heterocycles. The van der Waals surface area contributed by atoms with Crippen LogP contribution in [0.3, 0.4) is 0 Å². The van der Waals surface area contributed by atoms with Crippen molar-refractivity contribution in [2.24, 2.45) is 0 Å². The summed E-state index contributed by atoms with van der Waals surface area (Å²) in [6, 6.07) is 11.2. The van der Waals surface area contributed by atoms with Gasteiger partial charge in [-0.25, -0.2) is 4.98 Å². The Bertz CT molecular complexity index is 773. The monoisotopic (exact) mass is 324 g/mol. The minimum atomic E-state index is 0.578. The molecule has 102 valence electrons. The smallest absolute Gasteiger partial charge is 0.188 e. The number of hydrogen-bond donors (Lipinski definition) is 1. The van der Waals surface area contributed by atoms with Crippen LogP contribution in [0.4, 0.5) is 10.8 Å². The fourth-order valence-electron chi connectivity index (χ4n) is 1.82. The predicted octanol–water partition coefficient (Wildman–Crippen LogP) is 5.36. The molecule has 0 bridgehead atoms. The molecule has 0 unspecified atom stereocenters. The number of rotatable bonds is 3. The summed E-state index contributed by atoms with van der Waals surface area (Å²) in [6.07, 6.45) is 0. The first-order valence-corrected chi connectivity index (χ1v) is 7.39. The van der Waals surface area contributed by atoms with Crippen LogP contribution in [0.15, 0.2) is 36.4 Å². The number of hydrogen-bond acceptors (Lipinski definition) is 4. The van der Waals surface area contributed by atoms with E-state index in [9.17, 15) is 0 Å². The molecule has 0 atom stereocenters. The quantitative estimate of drug-likeness (QED) is 0.704. The average molecular weight is 325 g/mol. The lowest BCUT2D eigenvalue weighted by Crippen LogP contribution is -1.91. The maximum atomic E-state index is 6.00. The largest absolute Gasteiger partial charge is 0.495 e. The van der Waals surface area contributed by atoms with Crippen molar-refractivity contribution in [2.45, 2.75) is 0 Å². The van der Waals surface area contributed by atoms with Crippen LogP contribution in [0.2, 0.25) is 10.0 Å². The lowest BCUT2D eigenvalue weighted by Gasteiger charge is -2.06. The van der Waals surface area contributed by atoms with E-state index in [0.717, 1.165) is 21.0 Å². The van der Waals surface area contributed by atoms with Gasteiger partial charge in [0.2, 0.25) is 0 Å². The molecule has 0 aliphatic rings. The molecular weight excluding hydrogens is 315 g/mol. The predicted molar refractivity (Wildman–Crippen MR) is 85.9 cm³/mol. The molecule has 3 rings (SSSR count). The van der Waals surface area contributed by atoms with E-state index in [4.69, 9.17) is 27.9 Å². The molecule has 0 saturated heterocycles. The fraction of sp³-hybridized carbons (Fsp3) is 0.0714. The van der Waals surface area contributed by atoms with Gasteiger partial charge in [0.25, 0.3) is 0 Å². The summed E-state index contributed by atoms with van der Waals surface area (Å²) in [5.74, 6) is 0.626. The van der Waals surface area contributed by atoms with Crippen LogP contribution in [-0.4, -0.2) is 12.1 Å². The van der Waals surface area contributed by atoms with Gasteiger partial charge in [0, 0.05) is 16.8 Å². The molecule has 1 aromatic heterocycles.